The van der Waals surface area contributed by atoms with E-state index in [-0.39, 0.29) is 16.9 Å². The van der Waals surface area contributed by atoms with Gasteiger partial charge in [0.15, 0.2) is 0 Å². The smallest absolute Gasteiger partial charge is 0.294 e. The van der Waals surface area contributed by atoms with Crippen LogP contribution in [0.4, 0.5) is 10.5 Å². The van der Waals surface area contributed by atoms with E-state index in [0.717, 1.165) is 49.6 Å². The lowest BCUT2D eigenvalue weighted by Crippen LogP contribution is -2.22. The number of thiophene rings is 1. The lowest BCUT2D eigenvalue weighted by molar-refractivity contribution is -0.109. The Morgan fingerprint density at radius 1 is 0.895 bits per heavy atom. The first-order chi connectivity index (χ1) is 18.6. The number of anilines is 1. The molecule has 1 aliphatic rings. The number of hydrogen-bond donors (Lipinski definition) is 0. The van der Waals surface area contributed by atoms with Gasteiger partial charge in [0.2, 0.25) is 5.12 Å². The molecule has 196 valence electrons. The minimum atomic E-state index is -0.241. The monoisotopic (exact) mass is 545 g/mol. The van der Waals surface area contributed by atoms with Gasteiger partial charge in [-0.1, -0.05) is 49.7 Å². The first kappa shape index (κ1) is 26.3. The van der Waals surface area contributed by atoms with Crippen molar-refractivity contribution in [2.75, 3.05) is 24.7 Å². The zero-order chi connectivity index (χ0) is 26.3. The predicted octanol–water partition coefficient (Wildman–Crippen LogP) is 7.69. The van der Waals surface area contributed by atoms with Gasteiger partial charge < -0.3 is 9.47 Å². The molecule has 0 bridgehead atoms. The van der Waals surface area contributed by atoms with Gasteiger partial charge >= 0.3 is 0 Å². The average Bonchev–Trinajstić information content (AvgIpc) is 3.51. The molecule has 38 heavy (non-hydrogen) atoms. The summed E-state index contributed by atoms with van der Waals surface area (Å²) in [6, 6.07) is 22.3. The molecule has 1 fully saturated rings. The van der Waals surface area contributed by atoms with Gasteiger partial charge in [-0.3, -0.25) is 14.5 Å². The standard InChI is InChI=1S/C31H31NO4S2/c1-2-8-27-28(16-15-26-23(21-37-30(26)27)14-13-22-9-4-3-5-10-22)36-18-7-17-35-25-12-6-11-24(19-25)32-20-29(33)38-31(32)34/h3-6,9-12,15-16,19,21H,2,7-8,13-14,17-18,20H2,1H3. The minimum Gasteiger partial charge on any atom is -0.493 e. The van der Waals surface area contributed by atoms with Crippen molar-refractivity contribution in [2.24, 2.45) is 0 Å². The quantitative estimate of drug-likeness (QED) is 0.171. The van der Waals surface area contributed by atoms with Crippen molar-refractivity contribution >= 4 is 49.2 Å². The van der Waals surface area contributed by atoms with Gasteiger partial charge in [0, 0.05) is 40.2 Å². The average molecular weight is 546 g/mol. The highest BCUT2D eigenvalue weighted by Crippen LogP contribution is 2.36. The maximum atomic E-state index is 12.0. The molecule has 0 unspecified atom stereocenters. The second-order valence-electron chi connectivity index (χ2n) is 9.29. The van der Waals surface area contributed by atoms with E-state index < -0.39 is 0 Å². The van der Waals surface area contributed by atoms with Crippen LogP contribution in [0.2, 0.25) is 0 Å². The molecule has 0 radical (unpaired) electrons. The van der Waals surface area contributed by atoms with Crippen molar-refractivity contribution in [1.29, 1.82) is 0 Å². The highest BCUT2D eigenvalue weighted by atomic mass is 32.2. The third kappa shape index (κ3) is 6.22. The largest absolute Gasteiger partial charge is 0.493 e. The normalized spacial score (nSPS) is 13.4. The lowest BCUT2D eigenvalue weighted by atomic mass is 10.0. The summed E-state index contributed by atoms with van der Waals surface area (Å²) in [6.07, 6.45) is 4.87. The van der Waals surface area contributed by atoms with Gasteiger partial charge in [-0.15, -0.1) is 11.3 Å². The molecular formula is C31H31NO4S2. The van der Waals surface area contributed by atoms with Crippen molar-refractivity contribution in [3.05, 3.63) is 88.8 Å². The van der Waals surface area contributed by atoms with Crippen molar-refractivity contribution in [2.45, 2.75) is 39.0 Å². The fourth-order valence-corrected chi connectivity index (χ4v) is 6.52. The van der Waals surface area contributed by atoms with Gasteiger partial charge in [-0.05, 0) is 65.4 Å². The summed E-state index contributed by atoms with van der Waals surface area (Å²) in [7, 11) is 0. The molecule has 0 saturated carbocycles. The summed E-state index contributed by atoms with van der Waals surface area (Å²) in [6.45, 7) is 3.37. The van der Waals surface area contributed by atoms with Crippen LogP contribution >= 0.6 is 23.1 Å². The number of aryl methyl sites for hydroxylation is 3. The molecule has 1 aromatic heterocycles. The number of nitrogens with zero attached hydrogens (tertiary/aromatic N) is 1. The molecule has 0 aliphatic carbocycles. The summed E-state index contributed by atoms with van der Waals surface area (Å²) in [5.74, 6) is 1.64. The fourth-order valence-electron chi connectivity index (χ4n) is 4.68. The molecule has 4 aromatic rings. The van der Waals surface area contributed by atoms with E-state index in [2.05, 4.69) is 54.8 Å². The second-order valence-corrected chi connectivity index (χ2v) is 11.2. The number of fused-ring (bicyclic) bond motifs is 1. The molecule has 1 aliphatic heterocycles. The first-order valence-corrected chi connectivity index (χ1v) is 14.8. The predicted molar refractivity (Wildman–Crippen MR) is 157 cm³/mol. The molecule has 1 amide bonds. The number of carbonyl (C=O) groups is 2. The Hall–Kier alpha value is -3.29. The van der Waals surface area contributed by atoms with Gasteiger partial charge in [0.1, 0.15) is 11.5 Å². The van der Waals surface area contributed by atoms with E-state index in [9.17, 15) is 9.59 Å². The van der Waals surface area contributed by atoms with Crippen molar-refractivity contribution < 1.29 is 19.1 Å². The van der Waals surface area contributed by atoms with Crippen LogP contribution in [-0.2, 0) is 24.1 Å². The lowest BCUT2D eigenvalue weighted by Gasteiger charge is -2.15. The van der Waals surface area contributed by atoms with Gasteiger partial charge in [-0.25, -0.2) is 0 Å². The van der Waals surface area contributed by atoms with E-state index in [4.69, 9.17) is 9.47 Å². The SMILES string of the molecule is CCCc1c(OCCCOc2cccc(N3CC(=O)SC3=O)c2)ccc2c(CCc3ccccc3)csc12. The maximum absolute atomic E-state index is 12.0. The van der Waals surface area contributed by atoms with Gasteiger partial charge in [0.05, 0.1) is 19.8 Å². The number of rotatable bonds is 12. The molecule has 0 spiro atoms. The number of benzene rings is 3. The Morgan fingerprint density at radius 2 is 1.74 bits per heavy atom. The molecular weight excluding hydrogens is 514 g/mol. The van der Waals surface area contributed by atoms with Crippen molar-refractivity contribution in [3.8, 4) is 11.5 Å². The highest BCUT2D eigenvalue weighted by Gasteiger charge is 2.30. The number of amides is 1. The van der Waals surface area contributed by atoms with E-state index in [1.165, 1.54) is 31.7 Å². The second kappa shape index (κ2) is 12.5. The van der Waals surface area contributed by atoms with Crippen LogP contribution in [0.15, 0.2) is 72.1 Å². The minimum absolute atomic E-state index is 0.101. The third-order valence-electron chi connectivity index (χ3n) is 6.56. The number of ether oxygens (including phenoxy) is 2. The highest BCUT2D eigenvalue weighted by molar-refractivity contribution is 8.27. The Morgan fingerprint density at radius 3 is 2.53 bits per heavy atom. The van der Waals surface area contributed by atoms with Crippen molar-refractivity contribution in [1.82, 2.24) is 0 Å². The van der Waals surface area contributed by atoms with E-state index >= 15 is 0 Å². The van der Waals surface area contributed by atoms with Crippen LogP contribution in [0.1, 0.15) is 36.5 Å². The molecule has 2 heterocycles. The molecule has 1 saturated heterocycles. The summed E-state index contributed by atoms with van der Waals surface area (Å²) >= 11 is 2.58. The summed E-state index contributed by atoms with van der Waals surface area (Å²) in [4.78, 5) is 25.0. The van der Waals surface area contributed by atoms with E-state index in [1.54, 1.807) is 6.07 Å². The fraction of sp³-hybridized carbons (Fsp3) is 0.290. The molecule has 0 atom stereocenters. The van der Waals surface area contributed by atoms with Crippen LogP contribution in [-0.4, -0.2) is 30.1 Å². The Labute approximate surface area is 231 Å². The van der Waals surface area contributed by atoms with Crippen molar-refractivity contribution in [3.63, 3.8) is 0 Å². The molecule has 3 aromatic carbocycles. The Kier molecular flexibility index (Phi) is 8.66. The summed E-state index contributed by atoms with van der Waals surface area (Å²) in [5.41, 5.74) is 4.76. The van der Waals surface area contributed by atoms with Gasteiger partial charge in [-0.2, -0.15) is 0 Å². The molecule has 7 heteroatoms. The van der Waals surface area contributed by atoms with Crippen LogP contribution in [0.3, 0.4) is 0 Å². The topological polar surface area (TPSA) is 55.8 Å². The Bertz CT molecular complexity index is 1420. The number of hydrogen-bond acceptors (Lipinski definition) is 6. The molecule has 5 rings (SSSR count). The number of carbonyl (C=O) groups excluding carboxylic acids is 2. The summed E-state index contributed by atoms with van der Waals surface area (Å²) < 4.78 is 13.5. The maximum Gasteiger partial charge on any atom is 0.294 e. The van der Waals surface area contributed by atoms with Crippen LogP contribution < -0.4 is 14.4 Å². The molecule has 0 N–H and O–H groups in total. The Balaban J connectivity index is 1.17. The van der Waals surface area contributed by atoms with Crippen LogP contribution in [0, 0.1) is 0 Å². The zero-order valence-corrected chi connectivity index (χ0v) is 23.1. The summed E-state index contributed by atoms with van der Waals surface area (Å²) in [5, 5.41) is 3.28. The van der Waals surface area contributed by atoms with Gasteiger partial charge in [0.25, 0.3) is 5.24 Å². The number of thioether (sulfide) groups is 1. The van der Waals surface area contributed by atoms with Crippen LogP contribution in [0.25, 0.3) is 10.1 Å². The van der Waals surface area contributed by atoms with Crippen LogP contribution in [0.5, 0.6) is 11.5 Å². The van der Waals surface area contributed by atoms with E-state index in [0.29, 0.717) is 24.7 Å². The zero-order valence-electron chi connectivity index (χ0n) is 21.5. The first-order valence-electron chi connectivity index (χ1n) is 13.1. The molecule has 5 nitrogen and oxygen atoms in total. The third-order valence-corrected chi connectivity index (χ3v) is 8.42. The van der Waals surface area contributed by atoms with E-state index in [1.807, 2.05) is 29.5 Å².